The molecule has 2 aromatic carbocycles. The number of benzene rings is 2. The predicted octanol–water partition coefficient (Wildman–Crippen LogP) is 1.68. The van der Waals surface area contributed by atoms with Crippen LogP contribution in [0.2, 0.25) is 0 Å². The number of hydrogen-bond acceptors (Lipinski definition) is 7. The lowest BCUT2D eigenvalue weighted by Crippen LogP contribution is -2.37. The molecule has 2 aromatic rings. The molecule has 9 nitrogen and oxygen atoms in total. The average molecular weight is 400 g/mol. The van der Waals surface area contributed by atoms with Gasteiger partial charge in [0.25, 0.3) is 5.91 Å². The first-order valence-corrected chi connectivity index (χ1v) is 8.71. The predicted molar refractivity (Wildman–Crippen MR) is 102 cm³/mol. The average Bonchev–Trinajstić information content (AvgIpc) is 3.19. The lowest BCUT2D eigenvalue weighted by Gasteiger charge is -2.17. The van der Waals surface area contributed by atoms with Gasteiger partial charge in [0.05, 0.1) is 19.2 Å². The van der Waals surface area contributed by atoms with E-state index in [-0.39, 0.29) is 18.9 Å². The summed E-state index contributed by atoms with van der Waals surface area (Å²) in [6, 6.07) is 11.4. The van der Waals surface area contributed by atoms with E-state index < -0.39 is 24.4 Å². The Morgan fingerprint density at radius 3 is 2.69 bits per heavy atom. The molecule has 0 bridgehead atoms. The summed E-state index contributed by atoms with van der Waals surface area (Å²) in [5.74, 6) is 0.00106. The third kappa shape index (κ3) is 5.16. The van der Waals surface area contributed by atoms with Gasteiger partial charge in [-0.2, -0.15) is 0 Å². The molecule has 0 unspecified atom stereocenters. The van der Waals surface area contributed by atoms with E-state index in [1.165, 1.54) is 31.2 Å². The van der Waals surface area contributed by atoms with Gasteiger partial charge < -0.3 is 29.2 Å². The second-order valence-corrected chi connectivity index (χ2v) is 6.17. The highest BCUT2D eigenvalue weighted by molar-refractivity contribution is 5.95. The van der Waals surface area contributed by atoms with Crippen LogP contribution in [0.5, 0.6) is 17.2 Å². The Bertz CT molecular complexity index is 929. The van der Waals surface area contributed by atoms with Crippen LogP contribution in [0.4, 0.5) is 5.69 Å². The molecule has 0 aliphatic carbocycles. The maximum absolute atomic E-state index is 12.2. The van der Waals surface area contributed by atoms with E-state index in [1.807, 2.05) is 0 Å². The van der Waals surface area contributed by atoms with Crippen LogP contribution in [0.25, 0.3) is 0 Å². The third-order valence-corrected chi connectivity index (χ3v) is 4.10. The summed E-state index contributed by atoms with van der Waals surface area (Å²) in [6.07, 6.45) is 0. The largest absolute Gasteiger partial charge is 0.497 e. The third-order valence-electron chi connectivity index (χ3n) is 4.10. The second-order valence-electron chi connectivity index (χ2n) is 6.17. The second kappa shape index (κ2) is 8.96. The number of hydrogen-bond donors (Lipinski definition) is 1. The lowest BCUT2D eigenvalue weighted by molar-refractivity contribution is -0.136. The molecule has 0 fully saturated rings. The van der Waals surface area contributed by atoms with Crippen LogP contribution < -0.4 is 19.5 Å². The molecule has 1 N–H and O–H groups in total. The van der Waals surface area contributed by atoms with Gasteiger partial charge in [-0.1, -0.05) is 6.07 Å². The number of carbonyl (C=O) groups is 3. The number of fused-ring (bicyclic) bond motifs is 1. The fourth-order valence-corrected chi connectivity index (χ4v) is 2.55. The molecule has 2 amide bonds. The van der Waals surface area contributed by atoms with Crippen LogP contribution in [0.15, 0.2) is 42.5 Å². The number of nitrogens with zero attached hydrogens (tertiary/aromatic N) is 1. The number of carbonyl (C=O) groups excluding carboxylic acids is 3. The molecule has 1 aliphatic heterocycles. The van der Waals surface area contributed by atoms with Gasteiger partial charge in [-0.15, -0.1) is 0 Å². The smallest absolute Gasteiger partial charge is 0.338 e. The van der Waals surface area contributed by atoms with Gasteiger partial charge >= 0.3 is 5.97 Å². The Labute approximate surface area is 167 Å². The molecule has 0 spiro atoms. The summed E-state index contributed by atoms with van der Waals surface area (Å²) in [5, 5.41) is 2.67. The monoisotopic (exact) mass is 400 g/mol. The van der Waals surface area contributed by atoms with E-state index >= 15 is 0 Å². The number of anilines is 1. The van der Waals surface area contributed by atoms with Gasteiger partial charge in [0.1, 0.15) is 5.75 Å². The van der Waals surface area contributed by atoms with Crippen LogP contribution in [0.1, 0.15) is 10.4 Å². The van der Waals surface area contributed by atoms with Crippen LogP contribution in [0, 0.1) is 0 Å². The van der Waals surface area contributed by atoms with E-state index in [0.717, 1.165) is 0 Å². The number of nitrogens with one attached hydrogen (secondary N) is 1. The number of likely N-dealkylation sites (N-methyl/N-ethyl adjacent to an activating group) is 1. The highest BCUT2D eigenvalue weighted by Gasteiger charge is 2.19. The number of rotatable bonds is 7. The van der Waals surface area contributed by atoms with E-state index in [0.29, 0.717) is 22.9 Å². The summed E-state index contributed by atoms with van der Waals surface area (Å²) < 4.78 is 20.5. The molecule has 9 heteroatoms. The van der Waals surface area contributed by atoms with Crippen LogP contribution in [-0.2, 0) is 14.3 Å². The Hall–Kier alpha value is -3.75. The molecule has 0 aromatic heterocycles. The molecular weight excluding hydrogens is 380 g/mol. The highest BCUT2D eigenvalue weighted by atomic mass is 16.7. The van der Waals surface area contributed by atoms with Crippen molar-refractivity contribution in [3.8, 4) is 17.2 Å². The Morgan fingerprint density at radius 1 is 1.10 bits per heavy atom. The number of amides is 2. The Kier molecular flexibility index (Phi) is 6.18. The van der Waals surface area contributed by atoms with Crippen LogP contribution in [0.3, 0.4) is 0 Å². The van der Waals surface area contributed by atoms with E-state index in [9.17, 15) is 14.4 Å². The SMILES string of the molecule is COc1cccc(NC(=O)CN(C)C(=O)COC(=O)c2ccc3c(c2)OCO3)c1. The standard InChI is InChI=1S/C20H20N2O7/c1-22(10-18(23)21-14-4-3-5-15(9-14)26-2)19(24)11-27-20(25)13-6-7-16-17(8-13)29-12-28-16/h3-9H,10-12H2,1-2H3,(H,21,23). The first kappa shape index (κ1) is 20.0. The molecule has 0 saturated carbocycles. The van der Waals surface area contributed by atoms with Crippen molar-refractivity contribution in [1.82, 2.24) is 4.90 Å². The van der Waals surface area contributed by atoms with Gasteiger partial charge in [0.15, 0.2) is 18.1 Å². The molecule has 0 saturated heterocycles. The van der Waals surface area contributed by atoms with Crippen molar-refractivity contribution >= 4 is 23.5 Å². The zero-order chi connectivity index (χ0) is 20.8. The first-order valence-electron chi connectivity index (χ1n) is 8.71. The Morgan fingerprint density at radius 2 is 1.90 bits per heavy atom. The van der Waals surface area contributed by atoms with E-state index in [2.05, 4.69) is 5.32 Å². The van der Waals surface area contributed by atoms with Gasteiger partial charge in [0.2, 0.25) is 12.7 Å². The minimum absolute atomic E-state index is 0.0922. The fraction of sp³-hybridized carbons (Fsp3) is 0.250. The maximum Gasteiger partial charge on any atom is 0.338 e. The van der Waals surface area contributed by atoms with Crippen molar-refractivity contribution in [3.05, 3.63) is 48.0 Å². The highest BCUT2D eigenvalue weighted by Crippen LogP contribution is 2.32. The number of ether oxygens (including phenoxy) is 4. The Balaban J connectivity index is 1.47. The van der Waals surface area contributed by atoms with Crippen molar-refractivity contribution in [1.29, 1.82) is 0 Å². The summed E-state index contributed by atoms with van der Waals surface area (Å²) in [7, 11) is 2.97. The van der Waals surface area contributed by atoms with E-state index in [4.69, 9.17) is 18.9 Å². The molecule has 1 heterocycles. The molecular formula is C20H20N2O7. The summed E-state index contributed by atoms with van der Waals surface area (Å²) in [5.41, 5.74) is 0.782. The van der Waals surface area contributed by atoms with Crippen LogP contribution in [-0.4, -0.2) is 56.8 Å². The fourth-order valence-electron chi connectivity index (χ4n) is 2.55. The molecule has 0 atom stereocenters. The van der Waals surface area contributed by atoms with Gasteiger partial charge in [-0.05, 0) is 30.3 Å². The van der Waals surface area contributed by atoms with Crippen molar-refractivity contribution in [2.24, 2.45) is 0 Å². The maximum atomic E-state index is 12.2. The molecule has 1 aliphatic rings. The number of methoxy groups -OCH3 is 1. The topological polar surface area (TPSA) is 103 Å². The van der Waals surface area contributed by atoms with Gasteiger partial charge in [-0.3, -0.25) is 9.59 Å². The van der Waals surface area contributed by atoms with Gasteiger partial charge in [-0.25, -0.2) is 4.79 Å². The lowest BCUT2D eigenvalue weighted by atomic mass is 10.2. The van der Waals surface area contributed by atoms with Crippen LogP contribution >= 0.6 is 0 Å². The normalized spacial score (nSPS) is 11.5. The molecule has 0 radical (unpaired) electrons. The molecule has 29 heavy (non-hydrogen) atoms. The quantitative estimate of drug-likeness (QED) is 0.705. The minimum Gasteiger partial charge on any atom is -0.497 e. The summed E-state index contributed by atoms with van der Waals surface area (Å²) >= 11 is 0. The zero-order valence-corrected chi connectivity index (χ0v) is 16.0. The minimum atomic E-state index is -0.675. The summed E-state index contributed by atoms with van der Waals surface area (Å²) in [4.78, 5) is 37.6. The van der Waals surface area contributed by atoms with E-state index in [1.54, 1.807) is 30.3 Å². The zero-order valence-electron chi connectivity index (χ0n) is 16.0. The summed E-state index contributed by atoms with van der Waals surface area (Å²) in [6.45, 7) is -0.594. The van der Waals surface area contributed by atoms with Crippen molar-refractivity contribution in [2.45, 2.75) is 0 Å². The van der Waals surface area contributed by atoms with Crippen molar-refractivity contribution in [2.75, 3.05) is 39.4 Å². The first-order chi connectivity index (χ1) is 14.0. The van der Waals surface area contributed by atoms with Crippen molar-refractivity contribution in [3.63, 3.8) is 0 Å². The number of esters is 1. The molecule has 3 rings (SSSR count). The molecule has 152 valence electrons. The van der Waals surface area contributed by atoms with Gasteiger partial charge in [0, 0.05) is 18.8 Å². The van der Waals surface area contributed by atoms with Crippen molar-refractivity contribution < 1.29 is 33.3 Å².